The summed E-state index contributed by atoms with van der Waals surface area (Å²) in [5, 5.41) is 0. The van der Waals surface area contributed by atoms with Crippen LogP contribution in [0.25, 0.3) is 0 Å². The van der Waals surface area contributed by atoms with Gasteiger partial charge in [-0.3, -0.25) is 4.79 Å². The van der Waals surface area contributed by atoms with Crippen LogP contribution in [0.2, 0.25) is 0 Å². The van der Waals surface area contributed by atoms with Crippen LogP contribution in [-0.4, -0.2) is 5.97 Å². The van der Waals surface area contributed by atoms with Gasteiger partial charge in [0.25, 0.3) is 0 Å². The highest BCUT2D eigenvalue weighted by molar-refractivity contribution is 5.88. The number of rotatable bonds is 3. The Morgan fingerprint density at radius 3 is 2.93 bits per heavy atom. The van der Waals surface area contributed by atoms with E-state index in [2.05, 4.69) is 13.8 Å². The van der Waals surface area contributed by atoms with E-state index in [1.165, 1.54) is 5.57 Å². The number of hydrogen-bond acceptors (Lipinski definition) is 2. The molecule has 1 atom stereocenters. The van der Waals surface area contributed by atoms with Crippen LogP contribution >= 0.6 is 0 Å². The predicted octanol–water partition coefficient (Wildman–Crippen LogP) is 3.18. The molecule has 0 saturated carbocycles. The number of unbranched alkanes of at least 4 members (excludes halogenated alkanes) is 1. The lowest BCUT2D eigenvalue weighted by Gasteiger charge is -2.45. The van der Waals surface area contributed by atoms with Crippen LogP contribution in [0.1, 0.15) is 52.4 Å². The van der Waals surface area contributed by atoms with Gasteiger partial charge < -0.3 is 4.74 Å². The fraction of sp³-hybridized carbons (Fsp3) is 0.750. The summed E-state index contributed by atoms with van der Waals surface area (Å²) in [6, 6.07) is 0. The fourth-order valence-electron chi connectivity index (χ4n) is 2.63. The first-order valence-corrected chi connectivity index (χ1v) is 5.63. The Kier molecular flexibility index (Phi) is 2.38. The second kappa shape index (κ2) is 3.41. The molecule has 0 amide bonds. The van der Waals surface area contributed by atoms with Gasteiger partial charge in [0.1, 0.15) is 11.2 Å². The van der Waals surface area contributed by atoms with Crippen LogP contribution in [0.4, 0.5) is 0 Å². The van der Waals surface area contributed by atoms with Gasteiger partial charge in [0.15, 0.2) is 0 Å². The van der Waals surface area contributed by atoms with E-state index < -0.39 is 0 Å². The van der Waals surface area contributed by atoms with E-state index in [4.69, 9.17) is 4.74 Å². The average Bonchev–Trinajstić information content (AvgIpc) is 2.18. The molecule has 2 aliphatic rings. The van der Waals surface area contributed by atoms with Crippen molar-refractivity contribution in [2.75, 3.05) is 0 Å². The molecule has 1 unspecified atom stereocenters. The van der Waals surface area contributed by atoms with Gasteiger partial charge in [-0.15, -0.1) is 0 Å². The second-order valence-corrected chi connectivity index (χ2v) is 4.54. The van der Waals surface area contributed by atoms with Gasteiger partial charge in [-0.05, 0) is 38.2 Å². The second-order valence-electron chi connectivity index (χ2n) is 4.54. The van der Waals surface area contributed by atoms with E-state index >= 15 is 0 Å². The largest absolute Gasteiger partial charge is 0.429 e. The molecule has 2 rings (SSSR count). The molecule has 1 aliphatic carbocycles. The molecule has 14 heavy (non-hydrogen) atoms. The van der Waals surface area contributed by atoms with E-state index in [0.717, 1.165) is 44.3 Å². The highest BCUT2D eigenvalue weighted by atomic mass is 16.6. The molecule has 0 spiro atoms. The number of carbonyl (C=O) groups is 1. The van der Waals surface area contributed by atoms with E-state index in [-0.39, 0.29) is 11.4 Å². The number of hydrogen-bond donors (Lipinski definition) is 0. The summed E-state index contributed by atoms with van der Waals surface area (Å²) in [5.74, 6) is 1.04. The Morgan fingerprint density at radius 2 is 2.29 bits per heavy atom. The van der Waals surface area contributed by atoms with Crippen LogP contribution in [0.15, 0.2) is 11.3 Å². The Bertz CT molecular complexity index is 291. The Labute approximate surface area is 85.3 Å². The number of ether oxygens (including phenoxy) is 1. The molecule has 0 aromatic heterocycles. The number of carbonyl (C=O) groups excluding carboxylic acids is 1. The van der Waals surface area contributed by atoms with Crippen molar-refractivity contribution in [2.24, 2.45) is 5.41 Å². The van der Waals surface area contributed by atoms with Crippen molar-refractivity contribution >= 4 is 5.97 Å². The third-order valence-electron chi connectivity index (χ3n) is 3.52. The topological polar surface area (TPSA) is 26.3 Å². The lowest BCUT2D eigenvalue weighted by atomic mass is 9.68. The quantitative estimate of drug-likeness (QED) is 0.645. The molecule has 2 nitrogen and oxygen atoms in total. The van der Waals surface area contributed by atoms with E-state index in [0.29, 0.717) is 0 Å². The van der Waals surface area contributed by atoms with Crippen molar-refractivity contribution in [1.29, 1.82) is 0 Å². The third kappa shape index (κ3) is 1.20. The summed E-state index contributed by atoms with van der Waals surface area (Å²) in [5.41, 5.74) is 1.12. The maximum Gasteiger partial charge on any atom is 0.324 e. The predicted molar refractivity (Wildman–Crippen MR) is 54.6 cm³/mol. The first-order chi connectivity index (χ1) is 6.70. The Balaban J connectivity index is 2.21. The van der Waals surface area contributed by atoms with Gasteiger partial charge in [-0.1, -0.05) is 19.8 Å². The van der Waals surface area contributed by atoms with Crippen molar-refractivity contribution < 1.29 is 9.53 Å². The van der Waals surface area contributed by atoms with E-state index in [9.17, 15) is 4.79 Å². The number of fused-ring (bicyclic) bond motifs is 1. The average molecular weight is 194 g/mol. The monoisotopic (exact) mass is 194 g/mol. The molecule has 0 N–H and O–H groups in total. The summed E-state index contributed by atoms with van der Waals surface area (Å²) in [6.07, 6.45) is 6.55. The van der Waals surface area contributed by atoms with Gasteiger partial charge in [0.2, 0.25) is 0 Å². The Morgan fingerprint density at radius 1 is 1.50 bits per heavy atom. The summed E-state index contributed by atoms with van der Waals surface area (Å²) in [6.45, 7) is 4.27. The van der Waals surface area contributed by atoms with Crippen molar-refractivity contribution in [3.63, 3.8) is 0 Å². The summed E-state index contributed by atoms with van der Waals surface area (Å²) >= 11 is 0. The normalized spacial score (nSPS) is 30.9. The molecular formula is C12H18O2. The lowest BCUT2D eigenvalue weighted by molar-refractivity contribution is -0.173. The molecule has 0 radical (unpaired) electrons. The van der Waals surface area contributed by atoms with Crippen LogP contribution in [0, 0.1) is 5.41 Å². The molecule has 1 aliphatic heterocycles. The van der Waals surface area contributed by atoms with E-state index in [1.807, 2.05) is 0 Å². The summed E-state index contributed by atoms with van der Waals surface area (Å²) < 4.78 is 5.20. The number of esters is 1. The molecule has 0 bridgehead atoms. The standard InChI is InChI=1S/C12H18O2/c1-3-4-7-12-8-5-6-9(2)10(12)14-11(12)13/h3-8H2,1-2H3. The molecule has 1 heterocycles. The van der Waals surface area contributed by atoms with Gasteiger partial charge in [-0.25, -0.2) is 0 Å². The SMILES string of the molecule is CCCCC12CCCC(C)=C1OC2=O. The van der Waals surface area contributed by atoms with Gasteiger partial charge in [0.05, 0.1) is 0 Å². The van der Waals surface area contributed by atoms with Gasteiger partial charge >= 0.3 is 5.97 Å². The highest BCUT2D eigenvalue weighted by Crippen LogP contribution is 2.53. The minimum absolute atomic E-state index is 0.0278. The minimum Gasteiger partial charge on any atom is -0.429 e. The molecule has 0 aromatic rings. The lowest BCUT2D eigenvalue weighted by Crippen LogP contribution is -2.48. The van der Waals surface area contributed by atoms with Gasteiger partial charge in [-0.2, -0.15) is 0 Å². The van der Waals surface area contributed by atoms with Gasteiger partial charge in [0, 0.05) is 0 Å². The molecule has 1 fully saturated rings. The van der Waals surface area contributed by atoms with Crippen molar-refractivity contribution in [2.45, 2.75) is 52.4 Å². The van der Waals surface area contributed by atoms with Crippen LogP contribution < -0.4 is 0 Å². The van der Waals surface area contributed by atoms with Crippen LogP contribution in [0.3, 0.4) is 0 Å². The maximum absolute atomic E-state index is 11.6. The summed E-state index contributed by atoms with van der Waals surface area (Å²) in [4.78, 5) is 11.6. The number of allylic oxidation sites excluding steroid dienone is 1. The van der Waals surface area contributed by atoms with E-state index in [1.54, 1.807) is 0 Å². The van der Waals surface area contributed by atoms with Crippen LogP contribution in [-0.2, 0) is 9.53 Å². The zero-order valence-electron chi connectivity index (χ0n) is 9.06. The first kappa shape index (κ1) is 9.75. The smallest absolute Gasteiger partial charge is 0.324 e. The highest BCUT2D eigenvalue weighted by Gasteiger charge is 2.55. The van der Waals surface area contributed by atoms with Crippen molar-refractivity contribution in [3.05, 3.63) is 11.3 Å². The zero-order chi connectivity index (χ0) is 10.2. The van der Waals surface area contributed by atoms with Crippen LogP contribution in [0.5, 0.6) is 0 Å². The first-order valence-electron chi connectivity index (χ1n) is 5.63. The summed E-state index contributed by atoms with van der Waals surface area (Å²) in [7, 11) is 0. The fourth-order valence-corrected chi connectivity index (χ4v) is 2.63. The molecule has 78 valence electrons. The zero-order valence-corrected chi connectivity index (χ0v) is 9.06. The van der Waals surface area contributed by atoms with Crippen molar-refractivity contribution in [1.82, 2.24) is 0 Å². The Hall–Kier alpha value is -0.790. The molecule has 2 heteroatoms. The van der Waals surface area contributed by atoms with Crippen molar-refractivity contribution in [3.8, 4) is 0 Å². The minimum atomic E-state index is -0.182. The molecular weight excluding hydrogens is 176 g/mol. The molecule has 1 saturated heterocycles. The maximum atomic E-state index is 11.6. The third-order valence-corrected chi connectivity index (χ3v) is 3.52. The molecule has 0 aromatic carbocycles.